The van der Waals surface area contributed by atoms with Crippen LogP contribution in [0.5, 0.6) is 0 Å². The zero-order valence-electron chi connectivity index (χ0n) is 11.7. The Hall–Kier alpha value is -1.65. The Balaban J connectivity index is 2.07. The van der Waals surface area contributed by atoms with Crippen LogP contribution in [0.1, 0.15) is 19.4 Å². The van der Waals surface area contributed by atoms with Gasteiger partial charge in [-0.2, -0.15) is 0 Å². The molecule has 0 bridgehead atoms. The van der Waals surface area contributed by atoms with E-state index in [2.05, 4.69) is 34.1 Å². The molecule has 0 unspecified atom stereocenters. The highest BCUT2D eigenvalue weighted by Gasteiger charge is 2.22. The van der Waals surface area contributed by atoms with E-state index in [1.807, 2.05) is 31.7 Å². The van der Waals surface area contributed by atoms with E-state index < -0.39 is 0 Å². The summed E-state index contributed by atoms with van der Waals surface area (Å²) in [5, 5.41) is 9.36. The van der Waals surface area contributed by atoms with Crippen LogP contribution in [0.4, 0.5) is 0 Å². The van der Waals surface area contributed by atoms with Gasteiger partial charge in [0.25, 0.3) is 0 Å². The second-order valence-electron chi connectivity index (χ2n) is 5.46. The fourth-order valence-electron chi connectivity index (χ4n) is 1.79. The molecule has 102 valence electrons. The number of hydrogen-bond donors (Lipinski definition) is 1. The number of imidazole rings is 1. The standard InChI is InChI=1S/C15H21N3O/c1-15(2,11-19)17(3)10-13-4-6-14(7-5-13)18-9-8-16-12-18/h4-9,12,19H,10-11H2,1-3H3. The molecule has 1 aromatic carbocycles. The summed E-state index contributed by atoms with van der Waals surface area (Å²) in [6.45, 7) is 5.04. The lowest BCUT2D eigenvalue weighted by molar-refractivity contribution is 0.0734. The van der Waals surface area contributed by atoms with Gasteiger partial charge >= 0.3 is 0 Å². The second kappa shape index (κ2) is 5.55. The molecular formula is C15H21N3O. The van der Waals surface area contributed by atoms with E-state index in [-0.39, 0.29) is 12.1 Å². The number of aliphatic hydroxyl groups excluding tert-OH is 1. The molecule has 0 aliphatic heterocycles. The first-order valence-electron chi connectivity index (χ1n) is 6.42. The van der Waals surface area contributed by atoms with Crippen molar-refractivity contribution in [1.29, 1.82) is 0 Å². The largest absolute Gasteiger partial charge is 0.394 e. The van der Waals surface area contributed by atoms with E-state index >= 15 is 0 Å². The molecule has 4 nitrogen and oxygen atoms in total. The molecule has 4 heteroatoms. The fraction of sp³-hybridized carbons (Fsp3) is 0.400. The Labute approximate surface area is 114 Å². The molecule has 0 fully saturated rings. The minimum absolute atomic E-state index is 0.149. The van der Waals surface area contributed by atoms with E-state index in [0.717, 1.165) is 12.2 Å². The molecule has 1 heterocycles. The van der Waals surface area contributed by atoms with Crippen LogP contribution in [0, 0.1) is 0 Å². The van der Waals surface area contributed by atoms with Gasteiger partial charge < -0.3 is 9.67 Å². The Morgan fingerprint density at radius 2 is 1.95 bits per heavy atom. The first kappa shape index (κ1) is 13.8. The summed E-state index contributed by atoms with van der Waals surface area (Å²) in [4.78, 5) is 6.19. The van der Waals surface area contributed by atoms with Crippen molar-refractivity contribution in [2.75, 3.05) is 13.7 Å². The predicted octanol–water partition coefficient (Wildman–Crippen LogP) is 2.07. The van der Waals surface area contributed by atoms with E-state index in [0.29, 0.717) is 0 Å². The fourth-order valence-corrected chi connectivity index (χ4v) is 1.79. The Kier molecular flexibility index (Phi) is 4.02. The molecule has 0 saturated heterocycles. The first-order chi connectivity index (χ1) is 9.03. The molecule has 0 atom stereocenters. The van der Waals surface area contributed by atoms with Gasteiger partial charge in [0, 0.05) is 30.2 Å². The summed E-state index contributed by atoms with van der Waals surface area (Å²) in [5.41, 5.74) is 2.13. The lowest BCUT2D eigenvalue weighted by Crippen LogP contribution is -2.43. The average molecular weight is 259 g/mol. The third-order valence-corrected chi connectivity index (χ3v) is 3.58. The third-order valence-electron chi connectivity index (χ3n) is 3.58. The molecule has 0 saturated carbocycles. The highest BCUT2D eigenvalue weighted by molar-refractivity contribution is 5.34. The van der Waals surface area contributed by atoms with Crippen molar-refractivity contribution in [3.8, 4) is 5.69 Å². The van der Waals surface area contributed by atoms with Crippen molar-refractivity contribution >= 4 is 0 Å². The summed E-state index contributed by atoms with van der Waals surface area (Å²) >= 11 is 0. The number of rotatable bonds is 5. The zero-order valence-corrected chi connectivity index (χ0v) is 11.7. The average Bonchev–Trinajstić information content (AvgIpc) is 2.93. The van der Waals surface area contributed by atoms with Gasteiger partial charge in [-0.15, -0.1) is 0 Å². The van der Waals surface area contributed by atoms with Gasteiger partial charge in [0.1, 0.15) is 0 Å². The molecular weight excluding hydrogens is 238 g/mol. The topological polar surface area (TPSA) is 41.3 Å². The van der Waals surface area contributed by atoms with E-state index in [1.165, 1.54) is 5.56 Å². The zero-order chi connectivity index (χ0) is 13.9. The number of aliphatic hydroxyl groups is 1. The summed E-state index contributed by atoms with van der Waals surface area (Å²) in [5.74, 6) is 0. The van der Waals surface area contributed by atoms with Crippen LogP contribution in [0.25, 0.3) is 5.69 Å². The SMILES string of the molecule is CN(Cc1ccc(-n2ccnc2)cc1)C(C)(C)CO. The summed E-state index contributed by atoms with van der Waals surface area (Å²) < 4.78 is 1.98. The van der Waals surface area contributed by atoms with Gasteiger partial charge in [0.2, 0.25) is 0 Å². The maximum Gasteiger partial charge on any atom is 0.0991 e. The summed E-state index contributed by atoms with van der Waals surface area (Å²) in [6, 6.07) is 8.38. The smallest absolute Gasteiger partial charge is 0.0991 e. The molecule has 19 heavy (non-hydrogen) atoms. The van der Waals surface area contributed by atoms with Crippen molar-refractivity contribution in [1.82, 2.24) is 14.5 Å². The Morgan fingerprint density at radius 1 is 1.26 bits per heavy atom. The normalized spacial score (nSPS) is 12.1. The molecule has 0 spiro atoms. The lowest BCUT2D eigenvalue weighted by atomic mass is 10.0. The quantitative estimate of drug-likeness (QED) is 0.893. The van der Waals surface area contributed by atoms with Crippen LogP contribution >= 0.6 is 0 Å². The first-order valence-corrected chi connectivity index (χ1v) is 6.42. The summed E-state index contributed by atoms with van der Waals surface area (Å²) in [6.07, 6.45) is 5.48. The van der Waals surface area contributed by atoms with Crippen molar-refractivity contribution in [3.63, 3.8) is 0 Å². The van der Waals surface area contributed by atoms with Crippen molar-refractivity contribution < 1.29 is 5.11 Å². The molecule has 2 aromatic rings. The Morgan fingerprint density at radius 3 is 2.47 bits per heavy atom. The van der Waals surface area contributed by atoms with Crippen LogP contribution in [0.15, 0.2) is 43.0 Å². The number of likely N-dealkylation sites (N-methyl/N-ethyl adjacent to an activating group) is 1. The van der Waals surface area contributed by atoms with Crippen LogP contribution < -0.4 is 0 Å². The second-order valence-corrected chi connectivity index (χ2v) is 5.46. The number of hydrogen-bond acceptors (Lipinski definition) is 3. The van der Waals surface area contributed by atoms with Gasteiger partial charge in [-0.25, -0.2) is 4.98 Å². The molecule has 0 aliphatic rings. The van der Waals surface area contributed by atoms with E-state index in [9.17, 15) is 5.11 Å². The van der Waals surface area contributed by atoms with E-state index in [1.54, 1.807) is 12.5 Å². The van der Waals surface area contributed by atoms with Gasteiger partial charge in [0.15, 0.2) is 0 Å². The maximum absolute atomic E-state index is 9.36. The number of benzene rings is 1. The van der Waals surface area contributed by atoms with Crippen LogP contribution in [0.2, 0.25) is 0 Å². The number of aromatic nitrogens is 2. The van der Waals surface area contributed by atoms with Crippen molar-refractivity contribution in [2.24, 2.45) is 0 Å². The van der Waals surface area contributed by atoms with E-state index in [4.69, 9.17) is 0 Å². The highest BCUT2D eigenvalue weighted by Crippen LogP contribution is 2.16. The molecule has 0 radical (unpaired) electrons. The lowest BCUT2D eigenvalue weighted by Gasteiger charge is -2.33. The van der Waals surface area contributed by atoms with Gasteiger partial charge in [0.05, 0.1) is 12.9 Å². The molecule has 1 N–H and O–H groups in total. The maximum atomic E-state index is 9.36. The molecule has 1 aromatic heterocycles. The highest BCUT2D eigenvalue weighted by atomic mass is 16.3. The number of nitrogens with zero attached hydrogens (tertiary/aromatic N) is 3. The molecule has 0 aliphatic carbocycles. The van der Waals surface area contributed by atoms with Crippen molar-refractivity contribution in [3.05, 3.63) is 48.5 Å². The van der Waals surface area contributed by atoms with Crippen molar-refractivity contribution in [2.45, 2.75) is 25.9 Å². The minimum atomic E-state index is -0.205. The molecule has 0 amide bonds. The summed E-state index contributed by atoms with van der Waals surface area (Å²) in [7, 11) is 2.03. The minimum Gasteiger partial charge on any atom is -0.394 e. The van der Waals surface area contributed by atoms with Crippen LogP contribution in [0.3, 0.4) is 0 Å². The monoisotopic (exact) mass is 259 g/mol. The van der Waals surface area contributed by atoms with Gasteiger partial charge in [-0.1, -0.05) is 12.1 Å². The van der Waals surface area contributed by atoms with Crippen LogP contribution in [-0.2, 0) is 6.54 Å². The third kappa shape index (κ3) is 3.22. The van der Waals surface area contributed by atoms with Gasteiger partial charge in [-0.05, 0) is 38.6 Å². The van der Waals surface area contributed by atoms with Crippen LogP contribution in [-0.4, -0.2) is 38.8 Å². The Bertz CT molecular complexity index is 503. The predicted molar refractivity (Wildman–Crippen MR) is 76.2 cm³/mol. The van der Waals surface area contributed by atoms with Gasteiger partial charge in [-0.3, -0.25) is 4.90 Å². The molecule has 2 rings (SSSR count).